The van der Waals surface area contributed by atoms with E-state index in [0.717, 1.165) is 5.56 Å². The summed E-state index contributed by atoms with van der Waals surface area (Å²) in [6, 6.07) is 10.1. The van der Waals surface area contributed by atoms with Crippen molar-refractivity contribution >= 4 is 24.0 Å². The second-order valence-electron chi connectivity index (χ2n) is 8.06. The molecule has 2 aliphatic heterocycles. The maximum absolute atomic E-state index is 14.9. The first-order valence-corrected chi connectivity index (χ1v) is 10.4. The number of halogens is 2. The van der Waals surface area contributed by atoms with Crippen molar-refractivity contribution in [2.45, 2.75) is 37.5 Å². The summed E-state index contributed by atoms with van der Waals surface area (Å²) in [6.07, 6.45) is -0.0202. The van der Waals surface area contributed by atoms with E-state index in [1.165, 1.54) is 17.0 Å². The second kappa shape index (κ2) is 10.0. The van der Waals surface area contributed by atoms with Crippen molar-refractivity contribution in [3.63, 3.8) is 0 Å². The van der Waals surface area contributed by atoms with E-state index < -0.39 is 17.5 Å². The molecular formula is C23H28ClFN2O5. The molecule has 2 atom stereocenters. The zero-order valence-electron chi connectivity index (χ0n) is 17.8. The topological polar surface area (TPSA) is 91.3 Å². The molecule has 9 heteroatoms. The van der Waals surface area contributed by atoms with E-state index in [1.54, 1.807) is 19.2 Å². The van der Waals surface area contributed by atoms with Gasteiger partial charge >= 0.3 is 0 Å². The van der Waals surface area contributed by atoms with Crippen LogP contribution >= 0.6 is 12.4 Å². The fraction of sp³-hybridized carbons (Fsp3) is 0.435. The Kier molecular flexibility index (Phi) is 7.61. The summed E-state index contributed by atoms with van der Waals surface area (Å²) in [5.41, 5.74) is 0.280. The predicted octanol–water partition coefficient (Wildman–Crippen LogP) is 2.20. The highest BCUT2D eigenvalue weighted by molar-refractivity contribution is 5.97. The van der Waals surface area contributed by atoms with Crippen molar-refractivity contribution in [1.82, 2.24) is 5.32 Å². The minimum absolute atomic E-state index is 0. The molecule has 0 aromatic heterocycles. The number of piperidine rings is 1. The van der Waals surface area contributed by atoms with E-state index in [0.29, 0.717) is 36.4 Å². The summed E-state index contributed by atoms with van der Waals surface area (Å²) < 4.78 is 25.9. The minimum Gasteiger partial charge on any atom is -0.497 e. The molecule has 2 aliphatic rings. The van der Waals surface area contributed by atoms with Gasteiger partial charge in [0.2, 0.25) is 5.91 Å². The van der Waals surface area contributed by atoms with Gasteiger partial charge in [-0.1, -0.05) is 12.1 Å². The average molecular weight is 467 g/mol. The Balaban J connectivity index is 0.00000289. The number of aliphatic hydroxyl groups is 2. The van der Waals surface area contributed by atoms with Crippen LogP contribution in [0.5, 0.6) is 11.5 Å². The molecule has 2 heterocycles. The largest absolute Gasteiger partial charge is 0.497 e. The smallest absolute Gasteiger partial charge is 0.227 e. The van der Waals surface area contributed by atoms with Crippen LogP contribution < -0.4 is 19.7 Å². The number of carbonyl (C=O) groups is 1. The highest BCUT2D eigenvalue weighted by Crippen LogP contribution is 2.38. The van der Waals surface area contributed by atoms with Crippen LogP contribution in [0.2, 0.25) is 0 Å². The Morgan fingerprint density at radius 3 is 2.66 bits per heavy atom. The van der Waals surface area contributed by atoms with Crippen molar-refractivity contribution in [3.05, 3.63) is 53.3 Å². The third kappa shape index (κ3) is 4.83. The van der Waals surface area contributed by atoms with Gasteiger partial charge in [-0.15, -0.1) is 12.4 Å². The highest BCUT2D eigenvalue weighted by Gasteiger charge is 2.39. The van der Waals surface area contributed by atoms with Gasteiger partial charge in [-0.3, -0.25) is 4.79 Å². The predicted molar refractivity (Wildman–Crippen MR) is 120 cm³/mol. The Morgan fingerprint density at radius 1 is 1.22 bits per heavy atom. The first kappa shape index (κ1) is 24.3. The average Bonchev–Trinajstić information content (AvgIpc) is 2.78. The first-order valence-electron chi connectivity index (χ1n) is 10.4. The SMILES string of the molecule is COc1ccc(CN2C(=O)CCc3c(OCC4(O)CCNCC4O)ccc(F)c32)cc1.Cl. The summed E-state index contributed by atoms with van der Waals surface area (Å²) in [5, 5.41) is 23.9. The fourth-order valence-electron chi connectivity index (χ4n) is 4.10. The van der Waals surface area contributed by atoms with Gasteiger partial charge < -0.3 is 29.9 Å². The molecule has 0 saturated carbocycles. The zero-order valence-corrected chi connectivity index (χ0v) is 18.7. The van der Waals surface area contributed by atoms with Crippen molar-refractivity contribution in [2.24, 2.45) is 0 Å². The normalized spacial score (nSPS) is 22.7. The van der Waals surface area contributed by atoms with Gasteiger partial charge in [0.1, 0.15) is 29.5 Å². The minimum atomic E-state index is -1.38. The number of nitrogens with one attached hydrogen (secondary N) is 1. The molecule has 1 fully saturated rings. The Labute approximate surface area is 192 Å². The summed E-state index contributed by atoms with van der Waals surface area (Å²) >= 11 is 0. The Morgan fingerprint density at radius 2 is 1.97 bits per heavy atom. The van der Waals surface area contributed by atoms with Crippen LogP contribution in [0.15, 0.2) is 36.4 Å². The number of benzene rings is 2. The Bertz CT molecular complexity index is 958. The number of ether oxygens (including phenoxy) is 2. The number of β-amino-alcohol motifs (C(OH)–C–C–N with tert-alkyl or cyclic N) is 1. The molecule has 0 spiro atoms. The molecule has 1 saturated heterocycles. The van der Waals surface area contributed by atoms with E-state index in [-0.39, 0.29) is 50.1 Å². The van der Waals surface area contributed by atoms with Crippen LogP contribution in [0.25, 0.3) is 0 Å². The lowest BCUT2D eigenvalue weighted by Crippen LogP contribution is -2.57. The standard InChI is InChI=1S/C23H27FN2O5.ClH/c1-30-16-4-2-15(3-5-16)13-26-21(28)9-6-17-19(8-7-18(24)22(17)26)31-14-23(29)10-11-25-12-20(23)27;/h2-5,7-8,20,25,27,29H,6,9-14H2,1H3;1H. The summed E-state index contributed by atoms with van der Waals surface area (Å²) in [7, 11) is 1.58. The molecule has 0 bridgehead atoms. The molecule has 1 amide bonds. The van der Waals surface area contributed by atoms with Gasteiger partial charge in [0, 0.05) is 18.5 Å². The van der Waals surface area contributed by atoms with E-state index >= 15 is 0 Å². The zero-order chi connectivity index (χ0) is 22.0. The van der Waals surface area contributed by atoms with E-state index in [4.69, 9.17) is 9.47 Å². The summed E-state index contributed by atoms with van der Waals surface area (Å²) in [6.45, 7) is 0.971. The third-order valence-electron chi connectivity index (χ3n) is 6.02. The number of hydrogen-bond donors (Lipinski definition) is 3. The molecule has 3 N–H and O–H groups in total. The number of carbonyl (C=O) groups excluding carboxylic acids is 1. The number of anilines is 1. The van der Waals surface area contributed by atoms with Gasteiger partial charge in [-0.2, -0.15) is 0 Å². The van der Waals surface area contributed by atoms with E-state index in [1.807, 2.05) is 12.1 Å². The molecular weight excluding hydrogens is 439 g/mol. The third-order valence-corrected chi connectivity index (χ3v) is 6.02. The molecule has 0 aliphatic carbocycles. The lowest BCUT2D eigenvalue weighted by Gasteiger charge is -2.37. The van der Waals surface area contributed by atoms with Crippen LogP contribution in [-0.2, 0) is 17.8 Å². The second-order valence-corrected chi connectivity index (χ2v) is 8.06. The van der Waals surface area contributed by atoms with Gasteiger partial charge in [-0.05, 0) is 49.2 Å². The molecule has 2 unspecified atom stereocenters. The maximum Gasteiger partial charge on any atom is 0.227 e. The molecule has 174 valence electrons. The highest BCUT2D eigenvalue weighted by atomic mass is 35.5. The molecule has 4 rings (SSSR count). The molecule has 2 aromatic rings. The number of fused-ring (bicyclic) bond motifs is 1. The van der Waals surface area contributed by atoms with Gasteiger partial charge in [-0.25, -0.2) is 4.39 Å². The van der Waals surface area contributed by atoms with Crippen molar-refractivity contribution < 1.29 is 28.9 Å². The lowest BCUT2D eigenvalue weighted by molar-refractivity contribution is -0.119. The van der Waals surface area contributed by atoms with Crippen LogP contribution in [0.3, 0.4) is 0 Å². The van der Waals surface area contributed by atoms with Crippen LogP contribution in [-0.4, -0.2) is 54.6 Å². The van der Waals surface area contributed by atoms with E-state index in [9.17, 15) is 19.4 Å². The monoisotopic (exact) mass is 466 g/mol. The van der Waals surface area contributed by atoms with E-state index in [2.05, 4.69) is 5.32 Å². The van der Waals surface area contributed by atoms with Gasteiger partial charge in [0.05, 0.1) is 25.4 Å². The number of nitrogens with zero attached hydrogens (tertiary/aromatic N) is 1. The van der Waals surface area contributed by atoms with Crippen LogP contribution in [0.1, 0.15) is 24.0 Å². The van der Waals surface area contributed by atoms with Crippen LogP contribution in [0.4, 0.5) is 10.1 Å². The molecule has 2 aromatic carbocycles. The molecule has 0 radical (unpaired) electrons. The van der Waals surface area contributed by atoms with Crippen molar-refractivity contribution in [3.8, 4) is 11.5 Å². The molecule has 7 nitrogen and oxygen atoms in total. The van der Waals surface area contributed by atoms with Crippen molar-refractivity contribution in [1.29, 1.82) is 0 Å². The maximum atomic E-state index is 14.9. The quantitative estimate of drug-likeness (QED) is 0.604. The first-order chi connectivity index (χ1) is 14.9. The lowest BCUT2D eigenvalue weighted by atomic mass is 9.90. The number of hydrogen-bond acceptors (Lipinski definition) is 6. The molecule has 32 heavy (non-hydrogen) atoms. The summed E-state index contributed by atoms with van der Waals surface area (Å²) in [4.78, 5) is 14.1. The Hall–Kier alpha value is -2.39. The number of rotatable bonds is 6. The van der Waals surface area contributed by atoms with Gasteiger partial charge in [0.15, 0.2) is 0 Å². The van der Waals surface area contributed by atoms with Crippen LogP contribution in [0, 0.1) is 5.82 Å². The number of amides is 1. The van der Waals surface area contributed by atoms with Crippen molar-refractivity contribution in [2.75, 3.05) is 31.7 Å². The number of methoxy groups -OCH3 is 1. The van der Waals surface area contributed by atoms with Gasteiger partial charge in [0.25, 0.3) is 0 Å². The number of aliphatic hydroxyl groups excluding tert-OH is 1. The fourth-order valence-corrected chi connectivity index (χ4v) is 4.10. The summed E-state index contributed by atoms with van der Waals surface area (Å²) in [5.74, 6) is 0.466.